The maximum Gasteiger partial charge on any atom is 0.395 e. The van der Waals surface area contributed by atoms with E-state index < -0.39 is 11.6 Å². The Kier molecular flexibility index (Phi) is 8.26. The van der Waals surface area contributed by atoms with E-state index in [0.717, 1.165) is 69.3 Å². The zero-order valence-electron chi connectivity index (χ0n) is 22.0. The Hall–Kier alpha value is -2.61. The van der Waals surface area contributed by atoms with Crippen LogP contribution in [0.1, 0.15) is 68.1 Å². The lowest BCUT2D eigenvalue weighted by Gasteiger charge is -2.46. The lowest BCUT2D eigenvalue weighted by Crippen LogP contribution is -2.52. The minimum atomic E-state index is -4.11. The van der Waals surface area contributed by atoms with Crippen molar-refractivity contribution < 1.29 is 22.7 Å². The van der Waals surface area contributed by atoms with E-state index in [2.05, 4.69) is 4.98 Å². The van der Waals surface area contributed by atoms with Gasteiger partial charge >= 0.3 is 6.18 Å². The average Bonchev–Trinajstić information content (AvgIpc) is 3.41. The highest BCUT2D eigenvalue weighted by Crippen LogP contribution is 2.53. The fourth-order valence-corrected chi connectivity index (χ4v) is 6.03. The fraction of sp³-hybridized carbons (Fsp3) is 0.600. The number of hydrogen-bond donors (Lipinski definition) is 0. The normalized spacial score (nSPS) is 22.4. The average molecular weight is 530 g/mol. The first-order valence-corrected chi connectivity index (χ1v) is 14.1. The van der Waals surface area contributed by atoms with Crippen LogP contribution in [0.5, 0.6) is 5.88 Å². The second kappa shape index (κ2) is 11.6. The van der Waals surface area contributed by atoms with Crippen LogP contribution < -0.4 is 4.74 Å². The molecule has 0 N–H and O–H groups in total. The second-order valence-electron chi connectivity index (χ2n) is 11.3. The molecule has 1 aliphatic carbocycles. The number of amides is 1. The number of aromatic nitrogens is 1. The van der Waals surface area contributed by atoms with Crippen LogP contribution in [-0.4, -0.2) is 66.2 Å². The smallest absolute Gasteiger partial charge is 0.395 e. The number of likely N-dealkylation sites (tertiary alicyclic amines) is 2. The van der Waals surface area contributed by atoms with Crippen molar-refractivity contribution in [2.75, 3.05) is 39.3 Å². The molecule has 3 heterocycles. The summed E-state index contributed by atoms with van der Waals surface area (Å²) in [4.78, 5) is 21.0. The van der Waals surface area contributed by atoms with Gasteiger partial charge in [0.15, 0.2) is 0 Å². The standard InChI is InChI=1S/C30H38F3N3O2/c31-30(32,33)29(14-5-15-29)22-35-16-2-1-6-23(13-19-35)21-38-27-12-11-26(20-34-27)24-7-9-25(10-8-24)28(37)36-17-3-4-18-36/h7-12,20,23H,1-6,13-19,21-22H2. The Balaban J connectivity index is 1.11. The van der Waals surface area contributed by atoms with Crippen molar-refractivity contribution in [3.63, 3.8) is 0 Å². The van der Waals surface area contributed by atoms with E-state index in [4.69, 9.17) is 4.74 Å². The number of alkyl halides is 3. The lowest BCUT2D eigenvalue weighted by atomic mass is 9.67. The number of rotatable bonds is 7. The predicted molar refractivity (Wildman–Crippen MR) is 141 cm³/mol. The number of hydrogen-bond acceptors (Lipinski definition) is 4. The van der Waals surface area contributed by atoms with Gasteiger partial charge in [-0.3, -0.25) is 4.79 Å². The van der Waals surface area contributed by atoms with Gasteiger partial charge in [-0.2, -0.15) is 13.2 Å². The highest BCUT2D eigenvalue weighted by Gasteiger charge is 2.58. The molecule has 1 amide bonds. The molecular formula is C30H38F3N3O2. The van der Waals surface area contributed by atoms with Crippen LogP contribution in [0.15, 0.2) is 42.6 Å². The molecule has 5 rings (SSSR count). The summed E-state index contributed by atoms with van der Waals surface area (Å²) in [5, 5.41) is 0. The number of halogens is 3. The molecular weight excluding hydrogens is 491 g/mol. The van der Waals surface area contributed by atoms with Gasteiger partial charge in [0, 0.05) is 43.0 Å². The molecule has 5 nitrogen and oxygen atoms in total. The van der Waals surface area contributed by atoms with Gasteiger partial charge in [0.25, 0.3) is 5.91 Å². The van der Waals surface area contributed by atoms with Crippen LogP contribution in [-0.2, 0) is 0 Å². The van der Waals surface area contributed by atoms with Crippen molar-refractivity contribution in [2.24, 2.45) is 11.3 Å². The summed E-state index contributed by atoms with van der Waals surface area (Å²) < 4.78 is 47.0. The summed E-state index contributed by atoms with van der Waals surface area (Å²) in [6, 6.07) is 11.5. The van der Waals surface area contributed by atoms with Crippen molar-refractivity contribution in [2.45, 2.75) is 64.0 Å². The summed E-state index contributed by atoms with van der Waals surface area (Å²) in [5.41, 5.74) is 1.16. The number of nitrogens with zero attached hydrogens (tertiary/aromatic N) is 3. The number of carbonyl (C=O) groups is 1. The molecule has 1 aromatic carbocycles. The second-order valence-corrected chi connectivity index (χ2v) is 11.3. The van der Waals surface area contributed by atoms with Gasteiger partial charge in [0.05, 0.1) is 12.0 Å². The van der Waals surface area contributed by atoms with Crippen molar-refractivity contribution in [1.29, 1.82) is 0 Å². The molecule has 2 saturated heterocycles. The van der Waals surface area contributed by atoms with Gasteiger partial charge in [-0.05, 0) is 87.7 Å². The topological polar surface area (TPSA) is 45.7 Å². The zero-order valence-corrected chi connectivity index (χ0v) is 22.0. The van der Waals surface area contributed by atoms with Crippen molar-refractivity contribution in [1.82, 2.24) is 14.8 Å². The molecule has 1 unspecified atom stereocenters. The van der Waals surface area contributed by atoms with Gasteiger partial charge in [-0.1, -0.05) is 25.0 Å². The third-order valence-corrected chi connectivity index (χ3v) is 8.69. The maximum absolute atomic E-state index is 13.7. The number of benzene rings is 1. The Bertz CT molecular complexity index is 1060. The first-order chi connectivity index (χ1) is 18.3. The summed E-state index contributed by atoms with van der Waals surface area (Å²) >= 11 is 0. The third-order valence-electron chi connectivity index (χ3n) is 8.69. The minimum Gasteiger partial charge on any atom is -0.477 e. The number of carbonyl (C=O) groups excluding carboxylic acids is 1. The van der Waals surface area contributed by atoms with Gasteiger partial charge in [-0.25, -0.2) is 4.98 Å². The van der Waals surface area contributed by atoms with Crippen LogP contribution in [0, 0.1) is 11.3 Å². The van der Waals surface area contributed by atoms with Crippen LogP contribution >= 0.6 is 0 Å². The van der Waals surface area contributed by atoms with E-state index in [9.17, 15) is 18.0 Å². The highest BCUT2D eigenvalue weighted by atomic mass is 19.4. The number of ether oxygens (including phenoxy) is 1. The maximum atomic E-state index is 13.7. The summed E-state index contributed by atoms with van der Waals surface area (Å²) in [7, 11) is 0. The SMILES string of the molecule is O=C(c1ccc(-c2ccc(OCC3CCCCN(CC4(C(F)(F)F)CCC4)CC3)nc2)cc1)N1CCCC1. The third kappa shape index (κ3) is 6.16. The van der Waals surface area contributed by atoms with Gasteiger partial charge in [0.1, 0.15) is 0 Å². The molecule has 1 atom stereocenters. The van der Waals surface area contributed by atoms with Crippen molar-refractivity contribution in [3.05, 3.63) is 48.2 Å². The largest absolute Gasteiger partial charge is 0.477 e. The molecule has 0 bridgehead atoms. The van der Waals surface area contributed by atoms with E-state index in [0.29, 0.717) is 36.9 Å². The van der Waals surface area contributed by atoms with Gasteiger partial charge in [0.2, 0.25) is 5.88 Å². The van der Waals surface area contributed by atoms with Crippen LogP contribution in [0.25, 0.3) is 11.1 Å². The zero-order chi connectivity index (χ0) is 26.6. The molecule has 206 valence electrons. The van der Waals surface area contributed by atoms with E-state index >= 15 is 0 Å². The Morgan fingerprint density at radius 3 is 2.24 bits per heavy atom. The quantitative estimate of drug-likeness (QED) is 0.406. The van der Waals surface area contributed by atoms with E-state index in [1.807, 2.05) is 46.2 Å². The molecule has 2 aromatic rings. The van der Waals surface area contributed by atoms with Crippen molar-refractivity contribution >= 4 is 5.91 Å². The van der Waals surface area contributed by atoms with Crippen LogP contribution in [0.2, 0.25) is 0 Å². The lowest BCUT2D eigenvalue weighted by molar-refractivity contribution is -0.256. The van der Waals surface area contributed by atoms with Crippen molar-refractivity contribution in [3.8, 4) is 17.0 Å². The molecule has 3 aliphatic rings. The van der Waals surface area contributed by atoms with Gasteiger partial charge in [-0.15, -0.1) is 0 Å². The van der Waals surface area contributed by atoms with E-state index in [-0.39, 0.29) is 25.3 Å². The Labute approximate surface area is 223 Å². The molecule has 0 spiro atoms. The molecule has 1 aromatic heterocycles. The van der Waals surface area contributed by atoms with Crippen LogP contribution in [0.3, 0.4) is 0 Å². The summed E-state index contributed by atoms with van der Waals surface area (Å²) in [6.45, 7) is 3.78. The predicted octanol–water partition coefficient (Wildman–Crippen LogP) is 6.59. The highest BCUT2D eigenvalue weighted by molar-refractivity contribution is 5.94. The monoisotopic (exact) mass is 529 g/mol. The first-order valence-electron chi connectivity index (χ1n) is 14.1. The molecule has 8 heteroatoms. The number of pyridine rings is 1. The van der Waals surface area contributed by atoms with Gasteiger partial charge < -0.3 is 14.5 Å². The molecule has 38 heavy (non-hydrogen) atoms. The fourth-order valence-electron chi connectivity index (χ4n) is 6.03. The molecule has 1 saturated carbocycles. The van der Waals surface area contributed by atoms with E-state index in [1.165, 1.54) is 0 Å². The molecule has 2 aliphatic heterocycles. The van der Waals surface area contributed by atoms with Crippen LogP contribution in [0.4, 0.5) is 13.2 Å². The Morgan fingerprint density at radius 1 is 0.895 bits per heavy atom. The minimum absolute atomic E-state index is 0.0937. The molecule has 3 fully saturated rings. The first kappa shape index (κ1) is 27.0. The summed E-state index contributed by atoms with van der Waals surface area (Å²) in [5.74, 6) is 0.957. The molecule has 0 radical (unpaired) electrons. The van der Waals surface area contributed by atoms with E-state index in [1.54, 1.807) is 6.20 Å². The Morgan fingerprint density at radius 2 is 1.61 bits per heavy atom. The summed E-state index contributed by atoms with van der Waals surface area (Å²) in [6.07, 6.45) is 4.84.